The van der Waals surface area contributed by atoms with Crippen molar-refractivity contribution in [1.29, 1.82) is 0 Å². The number of carbonyl (C=O) groups is 2. The molecule has 11 nitrogen and oxygen atoms in total. The van der Waals surface area contributed by atoms with Crippen molar-refractivity contribution in [2.45, 2.75) is 57.8 Å². The van der Waals surface area contributed by atoms with Gasteiger partial charge >= 0.3 is 0 Å². The number of methoxy groups -OCH3 is 1. The van der Waals surface area contributed by atoms with Crippen molar-refractivity contribution >= 4 is 11.8 Å². The highest BCUT2D eigenvalue weighted by Crippen LogP contribution is 2.28. The van der Waals surface area contributed by atoms with Gasteiger partial charge in [0.25, 0.3) is 5.91 Å². The molecular formula is C25H35N7O4. The maximum absolute atomic E-state index is 13.4. The van der Waals surface area contributed by atoms with Crippen LogP contribution in [0.1, 0.15) is 62.3 Å². The maximum atomic E-state index is 13.4. The van der Waals surface area contributed by atoms with E-state index in [4.69, 9.17) is 9.47 Å². The molecule has 2 aromatic rings. The first-order valence-electron chi connectivity index (χ1n) is 12.9. The number of hydrogen-bond acceptors (Lipinski definition) is 8. The van der Waals surface area contributed by atoms with E-state index in [1.54, 1.807) is 28.8 Å². The van der Waals surface area contributed by atoms with Gasteiger partial charge in [-0.3, -0.25) is 14.9 Å². The fraction of sp³-hybridized carbons (Fsp3) is 0.640. The Balaban J connectivity index is 1.25. The summed E-state index contributed by atoms with van der Waals surface area (Å²) in [7, 11) is 1.54. The van der Waals surface area contributed by atoms with Crippen molar-refractivity contribution in [1.82, 2.24) is 35.3 Å². The van der Waals surface area contributed by atoms with Gasteiger partial charge in [-0.1, -0.05) is 6.92 Å². The Morgan fingerprint density at radius 1 is 1.11 bits per heavy atom. The van der Waals surface area contributed by atoms with Crippen molar-refractivity contribution in [2.75, 3.05) is 33.4 Å². The molecule has 0 aromatic carbocycles. The van der Waals surface area contributed by atoms with Crippen LogP contribution in [-0.4, -0.2) is 75.9 Å². The predicted molar refractivity (Wildman–Crippen MR) is 131 cm³/mol. The Morgan fingerprint density at radius 3 is 2.58 bits per heavy atom. The summed E-state index contributed by atoms with van der Waals surface area (Å²) in [4.78, 5) is 36.4. The zero-order valence-electron chi connectivity index (χ0n) is 21.0. The second-order valence-corrected chi connectivity index (χ2v) is 10.0. The van der Waals surface area contributed by atoms with Crippen LogP contribution in [0.15, 0.2) is 18.5 Å². The third-order valence-corrected chi connectivity index (χ3v) is 7.50. The van der Waals surface area contributed by atoms with Crippen LogP contribution in [0.2, 0.25) is 0 Å². The Hall–Kier alpha value is -3.05. The molecular weight excluding hydrogens is 462 g/mol. The third kappa shape index (κ3) is 5.36. The van der Waals surface area contributed by atoms with Gasteiger partial charge < -0.3 is 19.7 Å². The molecule has 3 fully saturated rings. The lowest BCUT2D eigenvalue weighted by Gasteiger charge is -2.33. The molecule has 2 saturated heterocycles. The molecule has 0 bridgehead atoms. The van der Waals surface area contributed by atoms with Gasteiger partial charge in [-0.25, -0.2) is 14.6 Å². The fourth-order valence-electron chi connectivity index (χ4n) is 5.26. The summed E-state index contributed by atoms with van der Waals surface area (Å²) in [5, 5.41) is 11.1. The summed E-state index contributed by atoms with van der Waals surface area (Å²) in [5.41, 5.74) is 1.53. The number of piperidine rings is 1. The zero-order valence-corrected chi connectivity index (χ0v) is 21.0. The summed E-state index contributed by atoms with van der Waals surface area (Å²) in [5.74, 6) is 1.10. The van der Waals surface area contributed by atoms with Crippen LogP contribution >= 0.6 is 0 Å². The number of rotatable bonds is 6. The van der Waals surface area contributed by atoms with Crippen molar-refractivity contribution in [3.8, 4) is 17.3 Å². The number of nitrogens with one attached hydrogen (secondary N) is 2. The van der Waals surface area contributed by atoms with Gasteiger partial charge in [-0.2, -0.15) is 5.10 Å². The molecule has 2 aliphatic heterocycles. The number of aromatic nitrogens is 4. The lowest BCUT2D eigenvalue weighted by atomic mass is 9.86. The largest absolute Gasteiger partial charge is 0.481 e. The zero-order chi connectivity index (χ0) is 25.1. The quantitative estimate of drug-likeness (QED) is 0.621. The first-order valence-corrected chi connectivity index (χ1v) is 12.9. The maximum Gasteiger partial charge on any atom is 0.274 e. The topological polar surface area (TPSA) is 124 Å². The molecule has 0 spiro atoms. The normalized spacial score (nSPS) is 25.1. The summed E-state index contributed by atoms with van der Waals surface area (Å²) >= 11 is 0. The van der Waals surface area contributed by atoms with Crippen molar-refractivity contribution < 1.29 is 19.1 Å². The Labute approximate surface area is 210 Å². The Bertz CT molecular complexity index is 1070. The van der Waals surface area contributed by atoms with Crippen LogP contribution < -0.4 is 15.4 Å². The lowest BCUT2D eigenvalue weighted by Crippen LogP contribution is -2.46. The smallest absolute Gasteiger partial charge is 0.274 e. The molecule has 194 valence electrons. The minimum atomic E-state index is -0.486. The Morgan fingerprint density at radius 2 is 1.89 bits per heavy atom. The predicted octanol–water partition coefficient (Wildman–Crippen LogP) is 1.97. The minimum absolute atomic E-state index is 0.0499. The van der Waals surface area contributed by atoms with E-state index in [2.05, 4.69) is 32.6 Å². The number of carbonyl (C=O) groups excluding carboxylic acids is 2. The fourth-order valence-corrected chi connectivity index (χ4v) is 5.26. The van der Waals surface area contributed by atoms with E-state index in [0.29, 0.717) is 68.1 Å². The molecule has 1 atom stereocenters. The molecule has 1 unspecified atom stereocenters. The highest BCUT2D eigenvalue weighted by Gasteiger charge is 2.32. The van der Waals surface area contributed by atoms with Gasteiger partial charge in [0, 0.05) is 37.7 Å². The molecule has 3 aliphatic rings. The Kier molecular flexibility index (Phi) is 7.47. The van der Waals surface area contributed by atoms with Gasteiger partial charge in [0.15, 0.2) is 5.69 Å². The second-order valence-electron chi connectivity index (χ2n) is 10.0. The van der Waals surface area contributed by atoms with Crippen LogP contribution in [-0.2, 0) is 9.53 Å². The minimum Gasteiger partial charge on any atom is -0.481 e. The lowest BCUT2D eigenvalue weighted by molar-refractivity contribution is -0.127. The van der Waals surface area contributed by atoms with E-state index in [9.17, 15) is 9.59 Å². The van der Waals surface area contributed by atoms with Crippen LogP contribution in [0, 0.1) is 11.8 Å². The number of ether oxygens (including phenoxy) is 2. The van der Waals surface area contributed by atoms with Gasteiger partial charge in [0.05, 0.1) is 25.1 Å². The molecule has 2 aromatic heterocycles. The summed E-state index contributed by atoms with van der Waals surface area (Å²) < 4.78 is 12.6. The average molecular weight is 498 g/mol. The highest BCUT2D eigenvalue weighted by molar-refractivity contribution is 5.93. The molecule has 1 saturated carbocycles. The third-order valence-electron chi connectivity index (χ3n) is 7.50. The van der Waals surface area contributed by atoms with Crippen LogP contribution in [0.4, 0.5) is 0 Å². The molecule has 11 heteroatoms. The second kappa shape index (κ2) is 10.9. The first kappa shape index (κ1) is 24.6. The van der Waals surface area contributed by atoms with Gasteiger partial charge in [0.2, 0.25) is 18.1 Å². The molecule has 2 amide bonds. The van der Waals surface area contributed by atoms with E-state index >= 15 is 0 Å². The van der Waals surface area contributed by atoms with Crippen LogP contribution in [0.25, 0.3) is 11.4 Å². The number of hydrogen-bond donors (Lipinski definition) is 2. The van der Waals surface area contributed by atoms with E-state index in [1.165, 1.54) is 19.2 Å². The number of nitrogens with zero attached hydrogens (tertiary/aromatic N) is 5. The van der Waals surface area contributed by atoms with Gasteiger partial charge in [-0.15, -0.1) is 0 Å². The van der Waals surface area contributed by atoms with E-state index in [-0.39, 0.29) is 17.7 Å². The molecule has 4 heterocycles. The monoisotopic (exact) mass is 497 g/mol. The van der Waals surface area contributed by atoms with Crippen molar-refractivity contribution in [2.24, 2.45) is 11.8 Å². The SMILES string of the molecule is COc1cc(-c2cc(C(=O)N3CCC(C(=O)NC4CCC(C)CC4)CC3)nn2C2NCCO2)ncn1. The molecule has 2 N–H and O–H groups in total. The van der Waals surface area contributed by atoms with Crippen molar-refractivity contribution in [3.63, 3.8) is 0 Å². The molecule has 5 rings (SSSR count). The first-order chi connectivity index (χ1) is 17.5. The number of likely N-dealkylation sites (tertiary alicyclic amines) is 1. The summed E-state index contributed by atoms with van der Waals surface area (Å²) in [6.07, 6.45) is 6.72. The standard InChI is InChI=1S/C25H35N7O4/c1-16-3-5-18(6-4-16)29-23(33)17-7-10-31(11-8-17)24(34)20-13-21(19-14-22(35-2)28-15-27-19)32(30-20)25-26-9-12-36-25/h13-18,25-26H,3-12H2,1-2H3,(H,29,33). The van der Waals surface area contributed by atoms with Crippen LogP contribution in [0.5, 0.6) is 5.88 Å². The van der Waals surface area contributed by atoms with E-state index < -0.39 is 6.35 Å². The van der Waals surface area contributed by atoms with E-state index in [1.807, 2.05) is 0 Å². The van der Waals surface area contributed by atoms with Gasteiger partial charge in [-0.05, 0) is 50.5 Å². The van der Waals surface area contributed by atoms with Crippen LogP contribution in [0.3, 0.4) is 0 Å². The molecule has 36 heavy (non-hydrogen) atoms. The molecule has 0 radical (unpaired) electrons. The highest BCUT2D eigenvalue weighted by atomic mass is 16.5. The van der Waals surface area contributed by atoms with Crippen molar-refractivity contribution in [3.05, 3.63) is 24.2 Å². The average Bonchev–Trinajstić information content (AvgIpc) is 3.60. The van der Waals surface area contributed by atoms with E-state index in [0.717, 1.165) is 18.8 Å². The summed E-state index contributed by atoms with van der Waals surface area (Å²) in [6, 6.07) is 3.73. The molecule has 1 aliphatic carbocycles. The summed E-state index contributed by atoms with van der Waals surface area (Å²) in [6.45, 7) is 4.57. The number of amides is 2. The van der Waals surface area contributed by atoms with Gasteiger partial charge in [0.1, 0.15) is 6.33 Å².